The van der Waals surface area contributed by atoms with Crippen molar-refractivity contribution in [2.24, 2.45) is 0 Å². The molecule has 2 nitrogen and oxygen atoms in total. The summed E-state index contributed by atoms with van der Waals surface area (Å²) in [4.78, 5) is 2.59. The molecule has 4 rings (SSSR count). The molecule has 1 N–H and O–H groups in total. The van der Waals surface area contributed by atoms with Crippen molar-refractivity contribution >= 4 is 17.3 Å². The van der Waals surface area contributed by atoms with Gasteiger partial charge in [-0.3, -0.25) is 0 Å². The second-order valence-electron chi connectivity index (χ2n) is 5.94. The lowest BCUT2D eigenvalue weighted by Gasteiger charge is -2.24. The SMILES string of the molecule is Clc1cccc(-c2ccc3c(c2)N2CCNCCC2C3)c1. The van der Waals surface area contributed by atoms with E-state index < -0.39 is 0 Å². The second kappa shape index (κ2) is 5.36. The fourth-order valence-corrected chi connectivity index (χ4v) is 3.76. The number of anilines is 1. The highest BCUT2D eigenvalue weighted by Crippen LogP contribution is 2.37. The number of hydrogen-bond acceptors (Lipinski definition) is 2. The zero-order chi connectivity index (χ0) is 14.2. The number of rotatable bonds is 1. The van der Waals surface area contributed by atoms with Gasteiger partial charge >= 0.3 is 0 Å². The molecule has 1 unspecified atom stereocenters. The molecule has 2 aliphatic heterocycles. The van der Waals surface area contributed by atoms with Crippen LogP contribution in [-0.4, -0.2) is 25.7 Å². The maximum absolute atomic E-state index is 6.13. The first-order chi connectivity index (χ1) is 10.3. The van der Waals surface area contributed by atoms with Crippen LogP contribution in [0, 0.1) is 0 Å². The average molecular weight is 299 g/mol. The van der Waals surface area contributed by atoms with Gasteiger partial charge in [-0.15, -0.1) is 0 Å². The Balaban J connectivity index is 1.73. The van der Waals surface area contributed by atoms with Crippen molar-refractivity contribution in [3.05, 3.63) is 53.1 Å². The van der Waals surface area contributed by atoms with E-state index in [9.17, 15) is 0 Å². The van der Waals surface area contributed by atoms with Gasteiger partial charge in [0.25, 0.3) is 0 Å². The van der Waals surface area contributed by atoms with E-state index in [4.69, 9.17) is 11.6 Å². The van der Waals surface area contributed by atoms with E-state index in [-0.39, 0.29) is 0 Å². The maximum Gasteiger partial charge on any atom is 0.0412 e. The normalized spacial score (nSPS) is 20.8. The number of halogens is 1. The Kier molecular flexibility index (Phi) is 3.36. The Labute approximate surface area is 130 Å². The van der Waals surface area contributed by atoms with Crippen molar-refractivity contribution in [1.82, 2.24) is 5.32 Å². The summed E-state index contributed by atoms with van der Waals surface area (Å²) < 4.78 is 0. The minimum absolute atomic E-state index is 0.671. The van der Waals surface area contributed by atoms with Crippen LogP contribution in [0.15, 0.2) is 42.5 Å². The molecule has 1 atom stereocenters. The Morgan fingerprint density at radius 1 is 1.05 bits per heavy atom. The van der Waals surface area contributed by atoms with Gasteiger partial charge in [-0.05, 0) is 54.3 Å². The summed E-state index contributed by atoms with van der Waals surface area (Å²) in [5.41, 5.74) is 5.37. The van der Waals surface area contributed by atoms with Crippen LogP contribution in [0.25, 0.3) is 11.1 Å². The third-order valence-electron chi connectivity index (χ3n) is 4.63. The van der Waals surface area contributed by atoms with Crippen molar-refractivity contribution < 1.29 is 0 Å². The summed E-state index contributed by atoms with van der Waals surface area (Å²) in [7, 11) is 0. The smallest absolute Gasteiger partial charge is 0.0412 e. The van der Waals surface area contributed by atoms with Gasteiger partial charge in [-0.1, -0.05) is 35.9 Å². The lowest BCUT2D eigenvalue weighted by molar-refractivity contribution is 0.612. The summed E-state index contributed by atoms with van der Waals surface area (Å²) in [6.07, 6.45) is 2.42. The number of hydrogen-bond donors (Lipinski definition) is 1. The molecule has 3 heteroatoms. The zero-order valence-corrected chi connectivity index (χ0v) is 12.7. The van der Waals surface area contributed by atoms with Crippen LogP contribution in [0.2, 0.25) is 5.02 Å². The molecule has 1 saturated heterocycles. The van der Waals surface area contributed by atoms with Gasteiger partial charge < -0.3 is 10.2 Å². The van der Waals surface area contributed by atoms with E-state index in [1.165, 1.54) is 35.2 Å². The molecule has 0 radical (unpaired) electrons. The maximum atomic E-state index is 6.13. The third-order valence-corrected chi connectivity index (χ3v) is 4.87. The van der Waals surface area contributed by atoms with E-state index in [0.717, 1.165) is 24.7 Å². The molecule has 21 heavy (non-hydrogen) atoms. The van der Waals surface area contributed by atoms with E-state index >= 15 is 0 Å². The Morgan fingerprint density at radius 3 is 2.86 bits per heavy atom. The van der Waals surface area contributed by atoms with E-state index in [1.54, 1.807) is 0 Å². The fourth-order valence-electron chi connectivity index (χ4n) is 3.57. The van der Waals surface area contributed by atoms with Crippen LogP contribution < -0.4 is 10.2 Å². The second-order valence-corrected chi connectivity index (χ2v) is 6.38. The summed E-state index contributed by atoms with van der Waals surface area (Å²) in [5, 5.41) is 4.30. The van der Waals surface area contributed by atoms with Crippen LogP contribution >= 0.6 is 11.6 Å². The lowest BCUT2D eigenvalue weighted by Crippen LogP contribution is -2.32. The van der Waals surface area contributed by atoms with Crippen molar-refractivity contribution in [3.8, 4) is 11.1 Å². The van der Waals surface area contributed by atoms with Crippen molar-refractivity contribution in [3.63, 3.8) is 0 Å². The molecule has 0 saturated carbocycles. The molecule has 0 amide bonds. The van der Waals surface area contributed by atoms with Gasteiger partial charge in [-0.25, -0.2) is 0 Å². The third kappa shape index (κ3) is 2.43. The first-order valence-corrected chi connectivity index (χ1v) is 8.05. The molecule has 0 bridgehead atoms. The van der Waals surface area contributed by atoms with Gasteiger partial charge in [0.2, 0.25) is 0 Å². The summed E-state index contributed by atoms with van der Waals surface area (Å²) in [6.45, 7) is 3.32. The van der Waals surface area contributed by atoms with Gasteiger partial charge in [0.05, 0.1) is 0 Å². The van der Waals surface area contributed by atoms with E-state index in [2.05, 4.69) is 34.5 Å². The van der Waals surface area contributed by atoms with Crippen molar-refractivity contribution in [2.45, 2.75) is 18.9 Å². The molecular formula is C18H19ClN2. The van der Waals surface area contributed by atoms with Crippen molar-refractivity contribution in [2.75, 3.05) is 24.5 Å². The van der Waals surface area contributed by atoms with Gasteiger partial charge in [-0.2, -0.15) is 0 Å². The highest BCUT2D eigenvalue weighted by molar-refractivity contribution is 6.30. The molecule has 2 aromatic rings. The van der Waals surface area contributed by atoms with E-state index in [0.29, 0.717) is 6.04 Å². The van der Waals surface area contributed by atoms with E-state index in [1.807, 2.05) is 18.2 Å². The molecule has 108 valence electrons. The Bertz CT molecular complexity index is 668. The monoisotopic (exact) mass is 298 g/mol. The highest BCUT2D eigenvalue weighted by atomic mass is 35.5. The minimum atomic E-state index is 0.671. The van der Waals surface area contributed by atoms with Crippen molar-refractivity contribution in [1.29, 1.82) is 0 Å². The number of fused-ring (bicyclic) bond motifs is 3. The summed E-state index contributed by atoms with van der Waals surface area (Å²) in [5.74, 6) is 0. The zero-order valence-electron chi connectivity index (χ0n) is 12.0. The number of nitrogens with zero attached hydrogens (tertiary/aromatic N) is 1. The largest absolute Gasteiger partial charge is 0.367 e. The highest BCUT2D eigenvalue weighted by Gasteiger charge is 2.30. The molecule has 0 aromatic heterocycles. The topological polar surface area (TPSA) is 15.3 Å². The lowest BCUT2D eigenvalue weighted by atomic mass is 10.0. The predicted molar refractivity (Wildman–Crippen MR) is 89.2 cm³/mol. The standard InChI is InChI=1S/C18H19ClN2/c19-16-3-1-2-13(10-16)14-4-5-15-11-17-6-7-20-8-9-21(17)18(15)12-14/h1-5,10,12,17,20H,6-9,11H2. The van der Waals surface area contributed by atoms with Gasteiger partial charge in [0.1, 0.15) is 0 Å². The van der Waals surface area contributed by atoms with Crippen LogP contribution in [0.5, 0.6) is 0 Å². The van der Waals surface area contributed by atoms with Crippen LogP contribution in [0.3, 0.4) is 0 Å². The van der Waals surface area contributed by atoms with Gasteiger partial charge in [0.15, 0.2) is 0 Å². The first kappa shape index (κ1) is 13.2. The molecule has 0 spiro atoms. The number of nitrogens with one attached hydrogen (secondary N) is 1. The van der Waals surface area contributed by atoms with Gasteiger partial charge in [0, 0.05) is 29.8 Å². The Hall–Kier alpha value is -1.51. The Morgan fingerprint density at radius 2 is 1.95 bits per heavy atom. The van der Waals surface area contributed by atoms with Crippen LogP contribution in [0.1, 0.15) is 12.0 Å². The number of benzene rings is 2. The molecule has 2 aliphatic rings. The molecule has 2 heterocycles. The molecule has 1 fully saturated rings. The van der Waals surface area contributed by atoms with Crippen LogP contribution in [0.4, 0.5) is 5.69 Å². The quantitative estimate of drug-likeness (QED) is 0.863. The molecule has 2 aromatic carbocycles. The first-order valence-electron chi connectivity index (χ1n) is 7.67. The summed E-state index contributed by atoms with van der Waals surface area (Å²) >= 11 is 6.13. The predicted octanol–water partition coefficient (Wildman–Crippen LogP) is 3.73. The average Bonchev–Trinajstić information content (AvgIpc) is 2.67. The minimum Gasteiger partial charge on any atom is -0.367 e. The molecular weight excluding hydrogens is 280 g/mol. The van der Waals surface area contributed by atoms with Crippen LogP contribution in [-0.2, 0) is 6.42 Å². The fraction of sp³-hybridized carbons (Fsp3) is 0.333. The summed E-state index contributed by atoms with van der Waals surface area (Å²) in [6, 6.07) is 15.7. The molecule has 0 aliphatic carbocycles.